The predicted molar refractivity (Wildman–Crippen MR) is 96.0 cm³/mol. The zero-order valence-corrected chi connectivity index (χ0v) is 15.8. The summed E-state index contributed by atoms with van der Waals surface area (Å²) in [6.07, 6.45) is -0.708. The third-order valence-electron chi connectivity index (χ3n) is 4.00. The molecule has 0 aromatic heterocycles. The summed E-state index contributed by atoms with van der Waals surface area (Å²) in [5.74, 6) is 0. The molecule has 0 saturated carbocycles. The maximum atomic E-state index is 12.7. The van der Waals surface area contributed by atoms with Gasteiger partial charge in [-0.3, -0.25) is 4.90 Å². The molecule has 25 heavy (non-hydrogen) atoms. The smallest absolute Gasteiger partial charge is 0.412 e. The van der Waals surface area contributed by atoms with Gasteiger partial charge in [-0.15, -0.1) is 0 Å². The van der Waals surface area contributed by atoms with Crippen LogP contribution in [0.2, 0.25) is 0 Å². The molecule has 0 bridgehead atoms. The van der Waals surface area contributed by atoms with E-state index in [2.05, 4.69) is 0 Å². The minimum atomic E-state index is -0.798. The van der Waals surface area contributed by atoms with Crippen LogP contribution in [0.25, 0.3) is 0 Å². The van der Waals surface area contributed by atoms with Gasteiger partial charge in [-0.2, -0.15) is 0 Å². The number of benzene rings is 1. The number of carbonyl (C=O) groups excluding carboxylic acids is 1. The summed E-state index contributed by atoms with van der Waals surface area (Å²) < 4.78 is 17.4. The van der Waals surface area contributed by atoms with E-state index in [1.54, 1.807) is 4.90 Å². The van der Waals surface area contributed by atoms with Gasteiger partial charge in [-0.05, 0) is 40.2 Å². The van der Waals surface area contributed by atoms with E-state index in [0.29, 0.717) is 19.8 Å². The van der Waals surface area contributed by atoms with E-state index in [0.717, 1.165) is 5.56 Å². The van der Waals surface area contributed by atoms with Gasteiger partial charge in [0, 0.05) is 6.54 Å². The van der Waals surface area contributed by atoms with Crippen molar-refractivity contribution in [1.29, 1.82) is 0 Å². The molecule has 6 heteroatoms. The van der Waals surface area contributed by atoms with Crippen molar-refractivity contribution < 1.29 is 19.0 Å². The molecular formula is C19H30N2O4. The average molecular weight is 350 g/mol. The normalized spacial score (nSPS) is 22.9. The highest BCUT2D eigenvalue weighted by molar-refractivity contribution is 5.70. The lowest BCUT2D eigenvalue weighted by Crippen LogP contribution is -2.52. The first-order chi connectivity index (χ1) is 11.6. The lowest BCUT2D eigenvalue weighted by Gasteiger charge is -2.35. The second-order valence-electron chi connectivity index (χ2n) is 7.76. The van der Waals surface area contributed by atoms with Gasteiger partial charge in [0.2, 0.25) is 0 Å². The Labute approximate surface area is 150 Å². The van der Waals surface area contributed by atoms with Crippen molar-refractivity contribution in [1.82, 2.24) is 4.90 Å². The monoisotopic (exact) mass is 350 g/mol. The van der Waals surface area contributed by atoms with Crippen molar-refractivity contribution in [3.63, 3.8) is 0 Å². The highest BCUT2D eigenvalue weighted by Crippen LogP contribution is 2.33. The number of amides is 1. The number of hydrogen-bond acceptors (Lipinski definition) is 5. The highest BCUT2D eigenvalue weighted by Gasteiger charge is 2.50. The molecule has 1 aliphatic heterocycles. The summed E-state index contributed by atoms with van der Waals surface area (Å²) in [7, 11) is 0. The molecule has 1 saturated heterocycles. The minimum Gasteiger partial charge on any atom is -0.444 e. The Kier molecular flexibility index (Phi) is 6.08. The Hall–Kier alpha value is -1.63. The standard InChI is InChI=1S/C19H30N2O4/c1-18(2,3)25-17(22)21-15(16(11-20)24-19(21,4)5)13-23-12-14-9-7-6-8-10-14/h6-10,15-16H,11-13,20H2,1-5H3. The molecule has 2 unspecified atom stereocenters. The van der Waals surface area contributed by atoms with Gasteiger partial charge in [0.25, 0.3) is 0 Å². The highest BCUT2D eigenvalue weighted by atomic mass is 16.6. The first kappa shape index (κ1) is 19.7. The fourth-order valence-corrected chi connectivity index (χ4v) is 3.00. The number of nitrogens with zero attached hydrogens (tertiary/aromatic N) is 1. The summed E-state index contributed by atoms with van der Waals surface area (Å²) in [5, 5.41) is 0. The van der Waals surface area contributed by atoms with Crippen molar-refractivity contribution in [2.45, 2.75) is 64.7 Å². The minimum absolute atomic E-state index is 0.293. The number of ether oxygens (including phenoxy) is 3. The van der Waals surface area contributed by atoms with Crippen LogP contribution in [0.15, 0.2) is 30.3 Å². The van der Waals surface area contributed by atoms with E-state index in [1.807, 2.05) is 65.0 Å². The number of rotatable bonds is 5. The average Bonchev–Trinajstić information content (AvgIpc) is 2.77. The third kappa shape index (κ3) is 5.17. The first-order valence-corrected chi connectivity index (χ1v) is 8.66. The van der Waals surface area contributed by atoms with E-state index >= 15 is 0 Å². The van der Waals surface area contributed by atoms with Crippen LogP contribution in [0, 0.1) is 0 Å². The molecule has 2 rings (SSSR count). The van der Waals surface area contributed by atoms with Gasteiger partial charge < -0.3 is 19.9 Å². The third-order valence-corrected chi connectivity index (χ3v) is 4.00. The van der Waals surface area contributed by atoms with Crippen LogP contribution in [0.1, 0.15) is 40.2 Å². The number of carbonyl (C=O) groups is 1. The van der Waals surface area contributed by atoms with E-state index in [9.17, 15) is 4.79 Å². The number of nitrogens with two attached hydrogens (primary N) is 1. The molecule has 0 radical (unpaired) electrons. The summed E-state index contributed by atoms with van der Waals surface area (Å²) >= 11 is 0. The van der Waals surface area contributed by atoms with Crippen molar-refractivity contribution in [2.24, 2.45) is 5.73 Å². The Bertz CT molecular complexity index is 569. The molecular weight excluding hydrogens is 320 g/mol. The molecule has 1 amide bonds. The van der Waals surface area contributed by atoms with E-state index in [4.69, 9.17) is 19.9 Å². The summed E-state index contributed by atoms with van der Waals surface area (Å²) in [5.41, 5.74) is 5.56. The zero-order chi connectivity index (χ0) is 18.7. The predicted octanol–water partition coefficient (Wildman–Crippen LogP) is 2.90. The Morgan fingerprint density at radius 3 is 2.48 bits per heavy atom. The molecule has 0 spiro atoms. The molecule has 1 fully saturated rings. The van der Waals surface area contributed by atoms with Crippen molar-refractivity contribution in [3.05, 3.63) is 35.9 Å². The molecule has 140 valence electrons. The Morgan fingerprint density at radius 1 is 1.28 bits per heavy atom. The van der Waals surface area contributed by atoms with Gasteiger partial charge in [0.15, 0.2) is 0 Å². The molecule has 1 heterocycles. The quantitative estimate of drug-likeness (QED) is 0.884. The van der Waals surface area contributed by atoms with Gasteiger partial charge >= 0.3 is 6.09 Å². The largest absolute Gasteiger partial charge is 0.444 e. The van der Waals surface area contributed by atoms with Crippen LogP contribution in [0.3, 0.4) is 0 Å². The molecule has 2 atom stereocenters. The first-order valence-electron chi connectivity index (χ1n) is 8.66. The molecule has 1 aliphatic rings. The SMILES string of the molecule is CC(C)(C)OC(=O)N1C(COCc2ccccc2)C(CN)OC1(C)C. The van der Waals surface area contributed by atoms with Gasteiger partial charge in [-0.25, -0.2) is 4.79 Å². The van der Waals surface area contributed by atoms with Crippen LogP contribution in [-0.2, 0) is 20.8 Å². The lowest BCUT2D eigenvalue weighted by molar-refractivity contribution is -0.0780. The van der Waals surface area contributed by atoms with Gasteiger partial charge in [0.05, 0.1) is 25.4 Å². The van der Waals surface area contributed by atoms with Crippen molar-refractivity contribution >= 4 is 6.09 Å². The van der Waals surface area contributed by atoms with Gasteiger partial charge in [0.1, 0.15) is 11.3 Å². The molecule has 6 nitrogen and oxygen atoms in total. The summed E-state index contributed by atoms with van der Waals surface area (Å²) in [6.45, 7) is 10.3. The van der Waals surface area contributed by atoms with E-state index in [1.165, 1.54) is 0 Å². The number of hydrogen-bond donors (Lipinski definition) is 1. The van der Waals surface area contributed by atoms with E-state index in [-0.39, 0.29) is 12.1 Å². The van der Waals surface area contributed by atoms with Crippen LogP contribution < -0.4 is 5.73 Å². The summed E-state index contributed by atoms with van der Waals surface area (Å²) in [6, 6.07) is 9.61. The molecule has 1 aromatic rings. The summed E-state index contributed by atoms with van der Waals surface area (Å²) in [4.78, 5) is 14.3. The van der Waals surface area contributed by atoms with Crippen LogP contribution in [0.5, 0.6) is 0 Å². The fourth-order valence-electron chi connectivity index (χ4n) is 3.00. The Balaban J connectivity index is 2.08. The fraction of sp³-hybridized carbons (Fsp3) is 0.632. The van der Waals surface area contributed by atoms with Crippen molar-refractivity contribution in [2.75, 3.05) is 13.2 Å². The Morgan fingerprint density at radius 2 is 1.92 bits per heavy atom. The van der Waals surface area contributed by atoms with Crippen LogP contribution >= 0.6 is 0 Å². The maximum absolute atomic E-state index is 12.7. The van der Waals surface area contributed by atoms with Crippen LogP contribution in [-0.4, -0.2) is 47.6 Å². The van der Waals surface area contributed by atoms with Crippen LogP contribution in [0.4, 0.5) is 4.79 Å². The zero-order valence-electron chi connectivity index (χ0n) is 15.8. The second kappa shape index (κ2) is 7.72. The molecule has 0 aliphatic carbocycles. The lowest BCUT2D eigenvalue weighted by atomic mass is 10.1. The molecule has 1 aromatic carbocycles. The van der Waals surface area contributed by atoms with Gasteiger partial charge in [-0.1, -0.05) is 30.3 Å². The van der Waals surface area contributed by atoms with Crippen molar-refractivity contribution in [3.8, 4) is 0 Å². The molecule has 2 N–H and O–H groups in total. The van der Waals surface area contributed by atoms with E-state index < -0.39 is 17.4 Å². The topological polar surface area (TPSA) is 74.0 Å². The maximum Gasteiger partial charge on any atom is 0.412 e. The second-order valence-corrected chi connectivity index (χ2v) is 7.76.